The number of hydrogen-bond donors (Lipinski definition) is 1. The van der Waals surface area contributed by atoms with Gasteiger partial charge in [0.05, 0.1) is 6.04 Å². The molecule has 18 heavy (non-hydrogen) atoms. The van der Waals surface area contributed by atoms with E-state index in [1.165, 1.54) is 17.7 Å². The minimum absolute atomic E-state index is 0.231. The first kappa shape index (κ1) is 12.8. The molecule has 2 N–H and O–H groups in total. The van der Waals surface area contributed by atoms with E-state index in [4.69, 9.17) is 5.73 Å². The van der Waals surface area contributed by atoms with E-state index in [2.05, 4.69) is 18.2 Å². The number of nitrogens with two attached hydrogens (primary N) is 1. The first-order valence-corrected chi connectivity index (χ1v) is 6.07. The molecule has 1 atom stereocenters. The second-order valence-corrected chi connectivity index (χ2v) is 4.90. The van der Waals surface area contributed by atoms with Crippen molar-refractivity contribution < 1.29 is 4.39 Å². The minimum atomic E-state index is -0.278. The van der Waals surface area contributed by atoms with Gasteiger partial charge in [-0.15, -0.1) is 0 Å². The Morgan fingerprint density at radius 3 is 2.33 bits per heavy atom. The van der Waals surface area contributed by atoms with E-state index in [1.807, 2.05) is 26.8 Å². The van der Waals surface area contributed by atoms with Crippen molar-refractivity contribution in [1.82, 2.24) is 0 Å². The van der Waals surface area contributed by atoms with Crippen LogP contribution < -0.4 is 5.73 Å². The molecule has 0 saturated carbocycles. The molecule has 1 unspecified atom stereocenters. The zero-order valence-electron chi connectivity index (χ0n) is 11.0. The second kappa shape index (κ2) is 4.91. The van der Waals surface area contributed by atoms with Crippen LogP contribution in [0.3, 0.4) is 0 Å². The molecule has 0 aliphatic heterocycles. The van der Waals surface area contributed by atoms with Crippen LogP contribution in [0.4, 0.5) is 4.39 Å². The van der Waals surface area contributed by atoms with Gasteiger partial charge in [-0.1, -0.05) is 29.8 Å². The quantitative estimate of drug-likeness (QED) is 0.853. The summed E-state index contributed by atoms with van der Waals surface area (Å²) >= 11 is 0. The smallest absolute Gasteiger partial charge is 0.123 e. The lowest BCUT2D eigenvalue weighted by Gasteiger charge is -2.16. The normalized spacial score (nSPS) is 12.5. The summed E-state index contributed by atoms with van der Waals surface area (Å²) in [5, 5.41) is 0. The summed E-state index contributed by atoms with van der Waals surface area (Å²) in [6.45, 7) is 5.94. The Morgan fingerprint density at radius 1 is 0.944 bits per heavy atom. The van der Waals surface area contributed by atoms with Crippen molar-refractivity contribution in [2.45, 2.75) is 26.8 Å². The Bertz CT molecular complexity index is 555. The second-order valence-electron chi connectivity index (χ2n) is 4.90. The van der Waals surface area contributed by atoms with Gasteiger partial charge in [0.15, 0.2) is 0 Å². The van der Waals surface area contributed by atoms with Crippen molar-refractivity contribution in [3.63, 3.8) is 0 Å². The molecule has 0 fully saturated rings. The summed E-state index contributed by atoms with van der Waals surface area (Å²) in [6.07, 6.45) is 0. The monoisotopic (exact) mass is 243 g/mol. The fraction of sp³-hybridized carbons (Fsp3) is 0.250. The topological polar surface area (TPSA) is 26.0 Å². The maximum atomic E-state index is 13.4. The number of benzene rings is 2. The summed E-state index contributed by atoms with van der Waals surface area (Å²) in [5.74, 6) is -0.231. The molecular weight excluding hydrogens is 225 g/mol. The molecule has 94 valence electrons. The predicted molar refractivity (Wildman–Crippen MR) is 73.1 cm³/mol. The molecule has 0 radical (unpaired) electrons. The average molecular weight is 243 g/mol. The number of rotatable bonds is 2. The van der Waals surface area contributed by atoms with Gasteiger partial charge in [-0.05, 0) is 55.2 Å². The van der Waals surface area contributed by atoms with Crippen LogP contribution in [0, 0.1) is 26.6 Å². The molecule has 2 rings (SSSR count). The predicted octanol–water partition coefficient (Wildman–Crippen LogP) is 3.80. The molecule has 0 aliphatic carbocycles. The third kappa shape index (κ3) is 2.59. The molecule has 0 spiro atoms. The molecule has 1 nitrogen and oxygen atoms in total. The summed E-state index contributed by atoms with van der Waals surface area (Å²) in [4.78, 5) is 0. The van der Waals surface area contributed by atoms with Gasteiger partial charge in [0, 0.05) is 0 Å². The summed E-state index contributed by atoms with van der Waals surface area (Å²) in [7, 11) is 0. The van der Waals surface area contributed by atoms with Crippen molar-refractivity contribution in [2.75, 3.05) is 0 Å². The summed E-state index contributed by atoms with van der Waals surface area (Å²) in [5.41, 5.74) is 11.3. The molecule has 0 bridgehead atoms. The van der Waals surface area contributed by atoms with Gasteiger partial charge in [0.1, 0.15) is 5.82 Å². The number of aryl methyl sites for hydroxylation is 3. The van der Waals surface area contributed by atoms with Crippen LogP contribution in [0.2, 0.25) is 0 Å². The molecule has 0 heterocycles. The molecule has 2 aromatic carbocycles. The number of halogens is 1. The lowest BCUT2D eigenvalue weighted by Crippen LogP contribution is -2.14. The maximum absolute atomic E-state index is 13.4. The van der Waals surface area contributed by atoms with Gasteiger partial charge in [-0.25, -0.2) is 4.39 Å². The minimum Gasteiger partial charge on any atom is -0.320 e. The molecule has 0 saturated heterocycles. The lowest BCUT2D eigenvalue weighted by molar-refractivity contribution is 0.622. The van der Waals surface area contributed by atoms with Crippen LogP contribution in [0.15, 0.2) is 36.4 Å². The fourth-order valence-electron chi connectivity index (χ4n) is 2.22. The Hall–Kier alpha value is -1.67. The Balaban J connectivity index is 2.47. The van der Waals surface area contributed by atoms with Gasteiger partial charge in [0.25, 0.3) is 0 Å². The van der Waals surface area contributed by atoms with E-state index in [0.29, 0.717) is 0 Å². The highest BCUT2D eigenvalue weighted by Gasteiger charge is 2.13. The van der Waals surface area contributed by atoms with E-state index in [-0.39, 0.29) is 11.9 Å². The first-order chi connectivity index (χ1) is 8.47. The SMILES string of the molecule is Cc1cc(F)cc(C(N)c2cc(C)ccc2C)c1. The van der Waals surface area contributed by atoms with Crippen LogP contribution in [0.5, 0.6) is 0 Å². The summed E-state index contributed by atoms with van der Waals surface area (Å²) < 4.78 is 13.4. The lowest BCUT2D eigenvalue weighted by atomic mass is 9.93. The van der Waals surface area contributed by atoms with E-state index >= 15 is 0 Å². The highest BCUT2D eigenvalue weighted by atomic mass is 19.1. The molecule has 0 aliphatic rings. The van der Waals surface area contributed by atoms with Crippen LogP contribution in [0.1, 0.15) is 33.9 Å². The van der Waals surface area contributed by atoms with Crippen molar-refractivity contribution >= 4 is 0 Å². The number of hydrogen-bond acceptors (Lipinski definition) is 1. The highest BCUT2D eigenvalue weighted by molar-refractivity contribution is 5.39. The molecule has 0 aromatic heterocycles. The molecule has 0 amide bonds. The van der Waals surface area contributed by atoms with Crippen molar-refractivity contribution in [2.24, 2.45) is 5.73 Å². The Kier molecular flexibility index (Phi) is 3.48. The van der Waals surface area contributed by atoms with Crippen molar-refractivity contribution in [3.05, 3.63) is 70.0 Å². The average Bonchev–Trinajstić information content (AvgIpc) is 2.30. The van der Waals surface area contributed by atoms with E-state index < -0.39 is 0 Å². The van der Waals surface area contributed by atoms with Gasteiger partial charge in [-0.3, -0.25) is 0 Å². The van der Waals surface area contributed by atoms with Crippen LogP contribution >= 0.6 is 0 Å². The standard InChI is InChI=1S/C16H18FN/c1-10-4-5-12(3)15(8-10)16(18)13-6-11(2)7-14(17)9-13/h4-9,16H,18H2,1-3H3. The molecule has 2 aromatic rings. The van der Waals surface area contributed by atoms with E-state index in [0.717, 1.165) is 22.3 Å². The molecule has 2 heteroatoms. The fourth-order valence-corrected chi connectivity index (χ4v) is 2.22. The summed E-state index contributed by atoms with van der Waals surface area (Å²) in [6, 6.07) is 10.9. The van der Waals surface area contributed by atoms with Crippen LogP contribution in [-0.2, 0) is 0 Å². The van der Waals surface area contributed by atoms with Gasteiger partial charge in [0.2, 0.25) is 0 Å². The van der Waals surface area contributed by atoms with Crippen molar-refractivity contribution in [3.8, 4) is 0 Å². The zero-order chi connectivity index (χ0) is 13.3. The van der Waals surface area contributed by atoms with E-state index in [9.17, 15) is 4.39 Å². The highest BCUT2D eigenvalue weighted by Crippen LogP contribution is 2.25. The molecular formula is C16H18FN. The van der Waals surface area contributed by atoms with Crippen LogP contribution in [-0.4, -0.2) is 0 Å². The maximum Gasteiger partial charge on any atom is 0.123 e. The van der Waals surface area contributed by atoms with Gasteiger partial charge < -0.3 is 5.73 Å². The van der Waals surface area contributed by atoms with E-state index in [1.54, 1.807) is 0 Å². The first-order valence-electron chi connectivity index (χ1n) is 6.07. The third-order valence-corrected chi connectivity index (χ3v) is 3.19. The van der Waals surface area contributed by atoms with Gasteiger partial charge >= 0.3 is 0 Å². The van der Waals surface area contributed by atoms with Gasteiger partial charge in [-0.2, -0.15) is 0 Å². The third-order valence-electron chi connectivity index (χ3n) is 3.19. The van der Waals surface area contributed by atoms with Crippen LogP contribution in [0.25, 0.3) is 0 Å². The Labute approximate surface area is 107 Å². The largest absolute Gasteiger partial charge is 0.320 e. The van der Waals surface area contributed by atoms with Crippen molar-refractivity contribution in [1.29, 1.82) is 0 Å². The zero-order valence-corrected chi connectivity index (χ0v) is 11.0. The Morgan fingerprint density at radius 2 is 1.67 bits per heavy atom.